The maximum absolute atomic E-state index is 13.7. The van der Waals surface area contributed by atoms with E-state index < -0.39 is 0 Å². The normalized spacial score (nSPS) is 10.6. The van der Waals surface area contributed by atoms with E-state index in [0.717, 1.165) is 29.4 Å². The number of nitrogens with zero attached hydrogens (tertiary/aromatic N) is 2. The summed E-state index contributed by atoms with van der Waals surface area (Å²) in [6.45, 7) is 6.77. The molecule has 0 saturated heterocycles. The van der Waals surface area contributed by atoms with Gasteiger partial charge in [-0.3, -0.25) is 0 Å². The molecule has 0 aliphatic carbocycles. The van der Waals surface area contributed by atoms with Crippen molar-refractivity contribution in [2.45, 2.75) is 37.1 Å². The van der Waals surface area contributed by atoms with Gasteiger partial charge in [-0.15, -0.1) is 0 Å². The predicted molar refractivity (Wildman–Crippen MR) is 80.8 cm³/mol. The van der Waals surface area contributed by atoms with Gasteiger partial charge in [-0.2, -0.15) is 0 Å². The summed E-state index contributed by atoms with van der Waals surface area (Å²) in [5.41, 5.74) is 0.956. The summed E-state index contributed by atoms with van der Waals surface area (Å²) in [6, 6.07) is 6.73. The zero-order valence-corrected chi connectivity index (χ0v) is 12.7. The topological polar surface area (TPSA) is 37.8 Å². The first-order chi connectivity index (χ1) is 9.61. The highest BCUT2D eigenvalue weighted by Gasteiger charge is 2.12. The Balaban J connectivity index is 2.32. The van der Waals surface area contributed by atoms with Crippen LogP contribution < -0.4 is 5.32 Å². The lowest BCUT2D eigenvalue weighted by Crippen LogP contribution is -2.07. The molecule has 2 aromatic rings. The molecule has 0 atom stereocenters. The first kappa shape index (κ1) is 14.8. The number of hydrogen-bond donors (Lipinski definition) is 1. The van der Waals surface area contributed by atoms with Crippen LogP contribution in [0, 0.1) is 19.7 Å². The minimum Gasteiger partial charge on any atom is -0.370 e. The molecule has 1 aromatic heterocycles. The van der Waals surface area contributed by atoms with E-state index in [0.29, 0.717) is 10.7 Å². The van der Waals surface area contributed by atoms with Crippen molar-refractivity contribution in [3.05, 3.63) is 41.5 Å². The van der Waals surface area contributed by atoms with Gasteiger partial charge in [0, 0.05) is 17.0 Å². The zero-order valence-electron chi connectivity index (χ0n) is 11.9. The van der Waals surface area contributed by atoms with E-state index in [1.165, 1.54) is 17.8 Å². The van der Waals surface area contributed by atoms with Crippen molar-refractivity contribution in [1.29, 1.82) is 0 Å². The molecule has 0 radical (unpaired) electrons. The smallest absolute Gasteiger partial charge is 0.137 e. The summed E-state index contributed by atoms with van der Waals surface area (Å²) in [7, 11) is 0. The number of hydrogen-bond acceptors (Lipinski definition) is 4. The van der Waals surface area contributed by atoms with E-state index in [-0.39, 0.29) is 5.82 Å². The Hall–Kier alpha value is -1.62. The van der Waals surface area contributed by atoms with Gasteiger partial charge in [-0.05, 0) is 32.4 Å². The third-order valence-electron chi connectivity index (χ3n) is 2.80. The summed E-state index contributed by atoms with van der Waals surface area (Å²) in [5.74, 6) is 1.29. The summed E-state index contributed by atoms with van der Waals surface area (Å²) in [6.07, 6.45) is 1.03. The number of aromatic nitrogens is 2. The molecule has 106 valence electrons. The fourth-order valence-corrected chi connectivity index (χ4v) is 2.70. The van der Waals surface area contributed by atoms with Crippen LogP contribution in [0.3, 0.4) is 0 Å². The van der Waals surface area contributed by atoms with Gasteiger partial charge in [0.2, 0.25) is 0 Å². The maximum Gasteiger partial charge on any atom is 0.137 e. The number of aryl methyl sites for hydroxylation is 1. The molecule has 1 heterocycles. The number of halogens is 1. The Kier molecular flexibility index (Phi) is 4.95. The molecule has 3 nitrogen and oxygen atoms in total. The van der Waals surface area contributed by atoms with Crippen LogP contribution in [-0.2, 0) is 0 Å². The van der Waals surface area contributed by atoms with Gasteiger partial charge in [-0.1, -0.05) is 30.8 Å². The van der Waals surface area contributed by atoms with E-state index in [4.69, 9.17) is 0 Å². The predicted octanol–water partition coefficient (Wildman–Crippen LogP) is 4.21. The van der Waals surface area contributed by atoms with Crippen LogP contribution in [0.5, 0.6) is 0 Å². The lowest BCUT2D eigenvalue weighted by atomic mass is 10.3. The molecule has 1 N–H and O–H groups in total. The molecule has 0 aliphatic heterocycles. The first-order valence-electron chi connectivity index (χ1n) is 6.63. The van der Waals surface area contributed by atoms with Gasteiger partial charge < -0.3 is 5.32 Å². The molecule has 2 rings (SSSR count). The quantitative estimate of drug-likeness (QED) is 0.838. The number of nitrogens with one attached hydrogen (secondary N) is 1. The van der Waals surface area contributed by atoms with E-state index in [1.807, 2.05) is 19.9 Å². The average Bonchev–Trinajstić information content (AvgIpc) is 2.43. The van der Waals surface area contributed by atoms with Gasteiger partial charge in [0.1, 0.15) is 22.5 Å². The number of rotatable bonds is 5. The third-order valence-corrected chi connectivity index (χ3v) is 3.94. The van der Waals surface area contributed by atoms with Crippen molar-refractivity contribution in [3.8, 4) is 0 Å². The Labute approximate surface area is 123 Å². The maximum atomic E-state index is 13.7. The Bertz CT molecular complexity index is 602. The van der Waals surface area contributed by atoms with E-state index in [9.17, 15) is 4.39 Å². The van der Waals surface area contributed by atoms with Gasteiger partial charge >= 0.3 is 0 Å². The lowest BCUT2D eigenvalue weighted by molar-refractivity contribution is 0.602. The summed E-state index contributed by atoms with van der Waals surface area (Å²) >= 11 is 1.34. The highest BCUT2D eigenvalue weighted by Crippen LogP contribution is 2.32. The molecule has 0 amide bonds. The Morgan fingerprint density at radius 3 is 2.65 bits per heavy atom. The molecule has 0 unspecified atom stereocenters. The van der Waals surface area contributed by atoms with Crippen LogP contribution in [0.1, 0.15) is 24.7 Å². The van der Waals surface area contributed by atoms with E-state index in [2.05, 4.69) is 22.2 Å². The highest BCUT2D eigenvalue weighted by atomic mass is 32.2. The molecule has 0 fully saturated rings. The van der Waals surface area contributed by atoms with Crippen LogP contribution in [-0.4, -0.2) is 16.5 Å². The summed E-state index contributed by atoms with van der Waals surface area (Å²) < 4.78 is 13.7. The minimum absolute atomic E-state index is 0.226. The van der Waals surface area contributed by atoms with Crippen molar-refractivity contribution < 1.29 is 4.39 Å². The monoisotopic (exact) mass is 291 g/mol. The molecule has 0 aliphatic rings. The van der Waals surface area contributed by atoms with Gasteiger partial charge in [0.05, 0.1) is 0 Å². The van der Waals surface area contributed by atoms with Crippen LogP contribution in [0.2, 0.25) is 0 Å². The first-order valence-corrected chi connectivity index (χ1v) is 7.45. The van der Waals surface area contributed by atoms with Gasteiger partial charge in [0.15, 0.2) is 0 Å². The van der Waals surface area contributed by atoms with Gasteiger partial charge in [0.25, 0.3) is 0 Å². The van der Waals surface area contributed by atoms with Crippen LogP contribution in [0.25, 0.3) is 0 Å². The average molecular weight is 291 g/mol. The standard InChI is InChI=1S/C15H18FN3S/c1-4-9-17-14-10(2)15(19-11(3)18-14)20-13-8-6-5-7-12(13)16/h5-8H,4,9H2,1-3H3,(H,17,18,19). The molecular formula is C15H18FN3S. The van der Waals surface area contributed by atoms with Crippen molar-refractivity contribution in [3.63, 3.8) is 0 Å². The lowest BCUT2D eigenvalue weighted by Gasteiger charge is -2.12. The molecule has 0 bridgehead atoms. The zero-order chi connectivity index (χ0) is 14.5. The van der Waals surface area contributed by atoms with E-state index >= 15 is 0 Å². The molecule has 20 heavy (non-hydrogen) atoms. The van der Waals surface area contributed by atoms with Crippen molar-refractivity contribution in [2.24, 2.45) is 0 Å². The van der Waals surface area contributed by atoms with Crippen LogP contribution in [0.4, 0.5) is 10.2 Å². The molecule has 5 heteroatoms. The van der Waals surface area contributed by atoms with Crippen molar-refractivity contribution in [1.82, 2.24) is 9.97 Å². The SMILES string of the molecule is CCCNc1nc(C)nc(Sc2ccccc2F)c1C. The van der Waals surface area contributed by atoms with Crippen molar-refractivity contribution >= 4 is 17.6 Å². The Morgan fingerprint density at radius 2 is 1.95 bits per heavy atom. The second kappa shape index (κ2) is 6.70. The second-order valence-electron chi connectivity index (χ2n) is 4.51. The molecular weight excluding hydrogens is 273 g/mol. The molecule has 1 aromatic carbocycles. The molecule has 0 spiro atoms. The van der Waals surface area contributed by atoms with Crippen LogP contribution >= 0.6 is 11.8 Å². The van der Waals surface area contributed by atoms with Crippen molar-refractivity contribution in [2.75, 3.05) is 11.9 Å². The second-order valence-corrected chi connectivity index (χ2v) is 5.54. The van der Waals surface area contributed by atoms with E-state index in [1.54, 1.807) is 12.1 Å². The molecule has 0 saturated carbocycles. The number of anilines is 1. The summed E-state index contributed by atoms with van der Waals surface area (Å²) in [4.78, 5) is 9.41. The highest BCUT2D eigenvalue weighted by molar-refractivity contribution is 7.99. The Morgan fingerprint density at radius 1 is 1.20 bits per heavy atom. The fraction of sp³-hybridized carbons (Fsp3) is 0.333. The van der Waals surface area contributed by atoms with Gasteiger partial charge in [-0.25, -0.2) is 14.4 Å². The third kappa shape index (κ3) is 3.48. The number of benzene rings is 1. The minimum atomic E-state index is -0.226. The summed E-state index contributed by atoms with van der Waals surface area (Å²) in [5, 5.41) is 4.08. The largest absolute Gasteiger partial charge is 0.370 e. The fourth-order valence-electron chi connectivity index (χ4n) is 1.75. The van der Waals surface area contributed by atoms with Crippen LogP contribution in [0.15, 0.2) is 34.2 Å².